The van der Waals surface area contributed by atoms with Gasteiger partial charge in [-0.25, -0.2) is 15.2 Å². The molecule has 11 heteroatoms. The number of benzene rings is 1. The van der Waals surface area contributed by atoms with Gasteiger partial charge in [0.1, 0.15) is 4.83 Å². The minimum atomic E-state index is -0.633. The first kappa shape index (κ1) is 21.4. The molecule has 1 aliphatic heterocycles. The van der Waals surface area contributed by atoms with E-state index in [1.807, 2.05) is 6.07 Å². The van der Waals surface area contributed by atoms with E-state index in [2.05, 4.69) is 25.2 Å². The summed E-state index contributed by atoms with van der Waals surface area (Å²) < 4.78 is 4.65. The van der Waals surface area contributed by atoms with Gasteiger partial charge in [0, 0.05) is 11.0 Å². The third kappa shape index (κ3) is 4.05. The topological polar surface area (TPSA) is 117 Å². The Morgan fingerprint density at radius 2 is 2.03 bits per heavy atom. The molecule has 1 aliphatic carbocycles. The predicted molar refractivity (Wildman–Crippen MR) is 130 cm³/mol. The summed E-state index contributed by atoms with van der Waals surface area (Å²) in [7, 11) is 1.25. The third-order valence-electron chi connectivity index (χ3n) is 5.35. The molecule has 1 saturated heterocycles. The van der Waals surface area contributed by atoms with Gasteiger partial charge in [-0.15, -0.1) is 16.4 Å². The molecule has 0 atom stereocenters. The fourth-order valence-electron chi connectivity index (χ4n) is 3.84. The van der Waals surface area contributed by atoms with Crippen molar-refractivity contribution >= 4 is 62.0 Å². The molecule has 33 heavy (non-hydrogen) atoms. The van der Waals surface area contributed by atoms with E-state index in [9.17, 15) is 14.4 Å². The maximum Gasteiger partial charge on any atom is 0.331 e. The van der Waals surface area contributed by atoms with Crippen molar-refractivity contribution in [2.75, 3.05) is 17.4 Å². The molecule has 5 rings (SSSR count). The second-order valence-electron chi connectivity index (χ2n) is 7.42. The van der Waals surface area contributed by atoms with Crippen LogP contribution in [-0.2, 0) is 27.2 Å². The maximum atomic E-state index is 13.0. The van der Waals surface area contributed by atoms with Crippen LogP contribution < -0.4 is 15.9 Å². The van der Waals surface area contributed by atoms with E-state index in [1.54, 1.807) is 35.6 Å². The lowest BCUT2D eigenvalue weighted by Crippen LogP contribution is -2.29. The lowest BCUT2D eigenvalue weighted by molar-refractivity contribution is -0.135. The van der Waals surface area contributed by atoms with Gasteiger partial charge in [-0.05, 0) is 55.1 Å². The number of fused-ring (bicyclic) bond motifs is 3. The number of carbonyl (C=O) groups is 2. The molecule has 0 spiro atoms. The van der Waals surface area contributed by atoms with E-state index in [0.29, 0.717) is 15.9 Å². The Labute approximate surface area is 196 Å². The molecular formula is C22H19N5O4S2. The Balaban J connectivity index is 1.50. The number of hydrogen-bond acceptors (Lipinski definition) is 9. The Hall–Kier alpha value is -3.44. The first-order chi connectivity index (χ1) is 16.0. The Kier molecular flexibility index (Phi) is 5.73. The maximum absolute atomic E-state index is 13.0. The van der Waals surface area contributed by atoms with E-state index < -0.39 is 11.9 Å². The van der Waals surface area contributed by atoms with Crippen LogP contribution in [0.25, 0.3) is 10.2 Å². The molecule has 0 radical (unpaired) electrons. The van der Waals surface area contributed by atoms with Crippen molar-refractivity contribution < 1.29 is 14.3 Å². The van der Waals surface area contributed by atoms with E-state index in [-0.39, 0.29) is 21.6 Å². The minimum Gasteiger partial charge on any atom is -0.466 e. The number of aromatic amines is 1. The number of H-pyrrole nitrogens is 1. The van der Waals surface area contributed by atoms with Crippen molar-refractivity contribution in [1.29, 1.82) is 0 Å². The van der Waals surface area contributed by atoms with E-state index in [0.717, 1.165) is 49.1 Å². The number of nitrogens with zero attached hydrogens (tertiary/aromatic N) is 3. The second kappa shape index (κ2) is 8.83. The van der Waals surface area contributed by atoms with Gasteiger partial charge in [-0.2, -0.15) is 0 Å². The number of methoxy groups -OCH3 is 1. The number of hydrogen-bond donors (Lipinski definition) is 2. The highest BCUT2D eigenvalue weighted by atomic mass is 32.2. The van der Waals surface area contributed by atoms with Gasteiger partial charge in [-0.1, -0.05) is 18.2 Å². The zero-order valence-corrected chi connectivity index (χ0v) is 19.2. The van der Waals surface area contributed by atoms with Gasteiger partial charge < -0.3 is 4.74 Å². The van der Waals surface area contributed by atoms with Crippen molar-refractivity contribution in [2.24, 2.45) is 5.10 Å². The lowest BCUT2D eigenvalue weighted by Gasteiger charge is -2.15. The number of nitrogens with one attached hydrogen (secondary N) is 2. The number of aryl methyl sites for hydroxylation is 2. The molecule has 0 unspecified atom stereocenters. The van der Waals surface area contributed by atoms with E-state index in [4.69, 9.17) is 0 Å². The van der Waals surface area contributed by atoms with Crippen LogP contribution in [0.5, 0.6) is 0 Å². The van der Waals surface area contributed by atoms with Crippen LogP contribution in [0.2, 0.25) is 0 Å². The minimum absolute atomic E-state index is 0.175. The summed E-state index contributed by atoms with van der Waals surface area (Å²) in [5.41, 5.74) is 4.27. The van der Waals surface area contributed by atoms with Crippen LogP contribution in [0.1, 0.15) is 23.3 Å². The number of rotatable bonds is 4. The highest BCUT2D eigenvalue weighted by molar-refractivity contribution is 8.19. The standard InChI is InChI=1S/C22H19N5O4S2/c1-31-16(28)11-15-20(30)27(12-7-3-2-4-8-12)22(33-15)26-25-21-23-18(29)17-13-9-5-6-10-14(13)32-19(17)24-21/h2-4,7-8,11H,5-6,9-10H2,1H3,(H2,23,24,25,29). The molecular weight excluding hydrogens is 462 g/mol. The number of thioether (sulfide) groups is 1. The van der Waals surface area contributed by atoms with Gasteiger partial charge in [0.25, 0.3) is 11.5 Å². The number of amidine groups is 1. The monoisotopic (exact) mass is 481 g/mol. The van der Waals surface area contributed by atoms with Crippen molar-refractivity contribution in [3.63, 3.8) is 0 Å². The van der Waals surface area contributed by atoms with Gasteiger partial charge in [0.05, 0.1) is 23.1 Å². The molecule has 9 nitrogen and oxygen atoms in total. The van der Waals surface area contributed by atoms with Crippen molar-refractivity contribution in [1.82, 2.24) is 9.97 Å². The Morgan fingerprint density at radius 1 is 1.24 bits per heavy atom. The normalized spacial score (nSPS) is 18.2. The molecule has 0 saturated carbocycles. The fourth-order valence-corrected chi connectivity index (χ4v) is 6.00. The number of thiophene rings is 1. The Morgan fingerprint density at radius 3 is 2.82 bits per heavy atom. The average Bonchev–Trinajstić information content (AvgIpc) is 3.35. The number of amides is 1. The summed E-state index contributed by atoms with van der Waals surface area (Å²) in [4.78, 5) is 48.2. The predicted octanol–water partition coefficient (Wildman–Crippen LogP) is 3.38. The zero-order valence-electron chi connectivity index (χ0n) is 17.6. The molecule has 1 aromatic carbocycles. The van der Waals surface area contributed by atoms with Gasteiger partial charge in [0.15, 0.2) is 5.17 Å². The van der Waals surface area contributed by atoms with Crippen LogP contribution in [0.4, 0.5) is 11.6 Å². The third-order valence-corrected chi connectivity index (χ3v) is 7.51. The first-order valence-electron chi connectivity index (χ1n) is 10.3. The van der Waals surface area contributed by atoms with Crippen molar-refractivity contribution in [3.8, 4) is 0 Å². The smallest absolute Gasteiger partial charge is 0.331 e. The molecule has 2 aliphatic rings. The van der Waals surface area contributed by atoms with Crippen LogP contribution >= 0.6 is 23.1 Å². The van der Waals surface area contributed by atoms with Crippen LogP contribution in [0, 0.1) is 0 Å². The van der Waals surface area contributed by atoms with Gasteiger partial charge in [0.2, 0.25) is 5.95 Å². The lowest BCUT2D eigenvalue weighted by atomic mass is 9.97. The number of hydrazone groups is 1. The van der Waals surface area contributed by atoms with E-state index in [1.165, 1.54) is 16.9 Å². The molecule has 2 N–H and O–H groups in total. The summed E-state index contributed by atoms with van der Waals surface area (Å²) in [6, 6.07) is 8.95. The second-order valence-corrected chi connectivity index (χ2v) is 9.51. The zero-order chi connectivity index (χ0) is 22.9. The molecule has 3 aromatic rings. The van der Waals surface area contributed by atoms with Crippen molar-refractivity contribution in [3.05, 3.63) is 62.1 Å². The molecule has 2 aromatic heterocycles. The largest absolute Gasteiger partial charge is 0.466 e. The molecule has 168 valence electrons. The highest BCUT2D eigenvalue weighted by Gasteiger charge is 2.35. The summed E-state index contributed by atoms with van der Waals surface area (Å²) in [6.45, 7) is 0. The number of esters is 1. The molecule has 1 fully saturated rings. The molecule has 0 bridgehead atoms. The summed E-state index contributed by atoms with van der Waals surface area (Å²) in [6.07, 6.45) is 5.20. The fraction of sp³-hybridized carbons (Fsp3) is 0.227. The number of anilines is 2. The summed E-state index contributed by atoms with van der Waals surface area (Å²) in [5, 5.41) is 5.27. The van der Waals surface area contributed by atoms with Crippen LogP contribution in [0.15, 0.2) is 51.2 Å². The Bertz CT molecular complexity index is 1380. The number of carbonyl (C=O) groups excluding carboxylic acids is 2. The number of ether oxygens (including phenoxy) is 1. The molecule has 3 heterocycles. The van der Waals surface area contributed by atoms with Crippen molar-refractivity contribution in [2.45, 2.75) is 25.7 Å². The van der Waals surface area contributed by atoms with Crippen LogP contribution in [0.3, 0.4) is 0 Å². The quantitative estimate of drug-likeness (QED) is 0.333. The first-order valence-corrected chi connectivity index (χ1v) is 11.9. The van der Waals surface area contributed by atoms with E-state index >= 15 is 0 Å². The average molecular weight is 482 g/mol. The summed E-state index contributed by atoms with van der Waals surface area (Å²) in [5.74, 6) is -0.851. The van der Waals surface area contributed by atoms with Crippen LogP contribution in [-0.4, -0.2) is 34.1 Å². The number of aromatic nitrogens is 2. The number of para-hydroxylation sites is 1. The molecule has 1 amide bonds. The van der Waals surface area contributed by atoms with Gasteiger partial charge >= 0.3 is 5.97 Å². The summed E-state index contributed by atoms with van der Waals surface area (Å²) >= 11 is 2.57. The highest BCUT2D eigenvalue weighted by Crippen LogP contribution is 2.35. The van der Waals surface area contributed by atoms with Gasteiger partial charge in [-0.3, -0.25) is 19.5 Å². The SMILES string of the molecule is COC(=O)C=C1SC(=NNc2nc3sc4c(c3c(=O)[nH]2)CCCC4)N(c2ccccc2)C1=O.